The van der Waals surface area contributed by atoms with Gasteiger partial charge in [-0.05, 0) is 53.4 Å². The van der Waals surface area contributed by atoms with Gasteiger partial charge in [0.15, 0.2) is 0 Å². The lowest BCUT2D eigenvalue weighted by Gasteiger charge is -2.35. The zero-order valence-electron chi connectivity index (χ0n) is 19.0. The van der Waals surface area contributed by atoms with E-state index in [1.807, 2.05) is 0 Å². The van der Waals surface area contributed by atoms with Gasteiger partial charge in [0.05, 0.1) is 6.04 Å². The van der Waals surface area contributed by atoms with Gasteiger partial charge in [0.2, 0.25) is 11.8 Å². The van der Waals surface area contributed by atoms with Crippen LogP contribution in [0.1, 0.15) is 66.2 Å². The zero-order chi connectivity index (χ0) is 23.1. The summed E-state index contributed by atoms with van der Waals surface area (Å²) < 4.78 is 5.30. The molecular weight excluding hydrogens is 390 g/mol. The minimum atomic E-state index is -0.788. The topological polar surface area (TPSA) is 116 Å². The molecule has 2 rings (SSSR count). The highest BCUT2D eigenvalue weighted by atomic mass is 16.6. The van der Waals surface area contributed by atoms with Gasteiger partial charge in [-0.2, -0.15) is 0 Å². The van der Waals surface area contributed by atoms with Gasteiger partial charge < -0.3 is 24.9 Å². The first-order chi connectivity index (χ1) is 14.0. The molecule has 9 nitrogen and oxygen atoms in total. The predicted octanol–water partition coefficient (Wildman–Crippen LogP) is 1.47. The largest absolute Gasteiger partial charge is 0.444 e. The van der Waals surface area contributed by atoms with Crippen LogP contribution in [0.2, 0.25) is 0 Å². The van der Waals surface area contributed by atoms with E-state index < -0.39 is 35.7 Å². The lowest BCUT2D eigenvalue weighted by atomic mass is 9.98. The highest BCUT2D eigenvalue weighted by Crippen LogP contribution is 2.30. The van der Waals surface area contributed by atoms with E-state index in [2.05, 4.69) is 5.32 Å². The number of nitrogens with one attached hydrogen (secondary N) is 1. The number of aliphatic hydroxyl groups is 1. The number of carbonyl (C=O) groups excluding carboxylic acids is 4. The second kappa shape index (κ2) is 11.3. The van der Waals surface area contributed by atoms with Gasteiger partial charge in [0.25, 0.3) is 0 Å². The van der Waals surface area contributed by atoms with Gasteiger partial charge in [-0.25, -0.2) is 4.79 Å². The van der Waals surface area contributed by atoms with Crippen LogP contribution in [0.15, 0.2) is 0 Å². The second-order valence-corrected chi connectivity index (χ2v) is 8.79. The molecule has 4 atom stereocenters. The summed E-state index contributed by atoms with van der Waals surface area (Å²) in [5, 5.41) is 9.80. The highest BCUT2D eigenvalue weighted by Gasteiger charge is 2.41. The van der Waals surface area contributed by atoms with Gasteiger partial charge in [0.1, 0.15) is 24.0 Å². The maximum Gasteiger partial charge on any atom is 0.410 e. The third kappa shape index (κ3) is 6.68. The van der Waals surface area contributed by atoms with Crippen LogP contribution in [-0.4, -0.2) is 83.0 Å². The van der Waals surface area contributed by atoms with Crippen LogP contribution < -0.4 is 5.32 Å². The van der Waals surface area contributed by atoms with E-state index >= 15 is 0 Å². The molecule has 0 spiro atoms. The summed E-state index contributed by atoms with van der Waals surface area (Å²) in [6, 6.07) is -1.80. The summed E-state index contributed by atoms with van der Waals surface area (Å²) in [6.07, 6.45) is 4.96. The number of ether oxygens (including phenoxy) is 1. The summed E-state index contributed by atoms with van der Waals surface area (Å²) in [4.78, 5) is 52.2. The number of aldehydes is 1. The van der Waals surface area contributed by atoms with E-state index in [0.717, 1.165) is 39.1 Å². The first-order valence-electron chi connectivity index (χ1n) is 10.5. The Morgan fingerprint density at radius 3 is 2.37 bits per heavy atom. The fourth-order valence-electron chi connectivity index (χ4n) is 3.80. The van der Waals surface area contributed by atoms with Crippen molar-refractivity contribution in [1.29, 1.82) is 0 Å². The third-order valence-corrected chi connectivity index (χ3v) is 5.49. The van der Waals surface area contributed by atoms with Gasteiger partial charge in [0, 0.05) is 20.2 Å². The molecular formula is C21H37N3O6. The molecule has 2 aliphatic heterocycles. The summed E-state index contributed by atoms with van der Waals surface area (Å²) in [5.41, 5.74) is -0.661. The average Bonchev–Trinajstić information content (AvgIpc) is 3.09. The maximum absolute atomic E-state index is 13.0. The minimum absolute atomic E-state index is 0.0734. The summed E-state index contributed by atoms with van der Waals surface area (Å²) in [6.45, 7) is 6.87. The smallest absolute Gasteiger partial charge is 0.410 e. The fourth-order valence-corrected chi connectivity index (χ4v) is 3.80. The molecule has 0 aliphatic carbocycles. The predicted molar refractivity (Wildman–Crippen MR) is 112 cm³/mol. The number of aliphatic hydroxyl groups excluding tert-OH is 1. The molecule has 9 heteroatoms. The molecule has 0 aromatic heterocycles. The number of carbonyl (C=O) groups is 4. The van der Waals surface area contributed by atoms with Crippen LogP contribution in [0.3, 0.4) is 0 Å². The quantitative estimate of drug-likeness (QED) is 0.656. The molecule has 4 unspecified atom stereocenters. The first-order valence-corrected chi connectivity index (χ1v) is 10.5. The van der Waals surface area contributed by atoms with E-state index in [-0.39, 0.29) is 11.9 Å². The van der Waals surface area contributed by atoms with Crippen molar-refractivity contribution in [2.24, 2.45) is 0 Å². The molecule has 0 aromatic rings. The van der Waals surface area contributed by atoms with Crippen molar-refractivity contribution in [3.63, 3.8) is 0 Å². The number of fused-ring (bicyclic) bond motifs is 1. The number of hydrogen-bond donors (Lipinski definition) is 2. The van der Waals surface area contributed by atoms with E-state index in [9.17, 15) is 19.2 Å². The molecule has 2 fully saturated rings. The number of likely N-dealkylation sites (N-methyl/N-ethyl adjacent to an activating group) is 1. The van der Waals surface area contributed by atoms with Gasteiger partial charge in [-0.3, -0.25) is 14.5 Å². The lowest BCUT2D eigenvalue weighted by molar-refractivity contribution is -0.142. The normalized spacial score (nSPS) is 25.0. The van der Waals surface area contributed by atoms with Crippen molar-refractivity contribution in [3.8, 4) is 0 Å². The number of amides is 3. The Kier molecular flexibility index (Phi) is 9.74. The minimum Gasteiger partial charge on any atom is -0.444 e. The molecule has 3 amide bonds. The zero-order valence-corrected chi connectivity index (χ0v) is 19.0. The molecule has 2 N–H and O–H groups in total. The number of nitrogens with zero attached hydrogens (tertiary/aromatic N) is 2. The van der Waals surface area contributed by atoms with Crippen LogP contribution in [0.25, 0.3) is 0 Å². The van der Waals surface area contributed by atoms with Crippen LogP contribution >= 0.6 is 0 Å². The molecule has 2 heterocycles. The van der Waals surface area contributed by atoms with Crippen molar-refractivity contribution in [3.05, 3.63) is 0 Å². The van der Waals surface area contributed by atoms with Gasteiger partial charge in [-0.15, -0.1) is 0 Å². The molecule has 0 saturated carbocycles. The second-order valence-electron chi connectivity index (χ2n) is 8.79. The van der Waals surface area contributed by atoms with Crippen LogP contribution in [0.4, 0.5) is 4.79 Å². The lowest BCUT2D eigenvalue weighted by Crippen LogP contribution is -2.56. The fraction of sp³-hybridized carbons (Fsp3) is 0.810. The monoisotopic (exact) mass is 427 g/mol. The standard InChI is InChI=1S/C20H33N3O5.CH4O/c1-13(22(5)19(27)28-20(2,3)4)17(25)21-16-9-7-6-8-14-10-11-15(12-24)23(14)18(16)26;1-2/h12-16H,6-11H2,1-5H3,(H,21,25);2H,1H3. The van der Waals surface area contributed by atoms with E-state index in [4.69, 9.17) is 9.84 Å². The highest BCUT2D eigenvalue weighted by molar-refractivity contribution is 5.92. The van der Waals surface area contributed by atoms with Crippen LogP contribution in [-0.2, 0) is 19.1 Å². The van der Waals surface area contributed by atoms with E-state index in [1.165, 1.54) is 11.9 Å². The van der Waals surface area contributed by atoms with Crippen LogP contribution in [0, 0.1) is 0 Å². The molecule has 172 valence electrons. The maximum atomic E-state index is 13.0. The molecule has 0 radical (unpaired) electrons. The van der Waals surface area contributed by atoms with Gasteiger partial charge >= 0.3 is 6.09 Å². The Balaban J connectivity index is 0.00000218. The van der Waals surface area contributed by atoms with E-state index in [1.54, 1.807) is 32.6 Å². The van der Waals surface area contributed by atoms with Crippen molar-refractivity contribution < 1.29 is 29.0 Å². The molecule has 2 aliphatic rings. The Morgan fingerprint density at radius 1 is 1.20 bits per heavy atom. The molecule has 0 bridgehead atoms. The van der Waals surface area contributed by atoms with Crippen molar-refractivity contribution in [2.45, 2.75) is 96.0 Å². The molecule has 30 heavy (non-hydrogen) atoms. The Bertz CT molecular complexity index is 618. The van der Waals surface area contributed by atoms with Crippen LogP contribution in [0.5, 0.6) is 0 Å². The first kappa shape index (κ1) is 25.9. The summed E-state index contributed by atoms with van der Waals surface area (Å²) >= 11 is 0. The summed E-state index contributed by atoms with van der Waals surface area (Å²) in [7, 11) is 2.50. The SMILES string of the molecule is CC(C(=O)NC1CCCCC2CCC(C=O)N2C1=O)N(C)C(=O)OC(C)(C)C.CO. The van der Waals surface area contributed by atoms with Crippen molar-refractivity contribution in [2.75, 3.05) is 14.2 Å². The Labute approximate surface area is 179 Å². The van der Waals surface area contributed by atoms with Gasteiger partial charge in [-0.1, -0.05) is 12.8 Å². The summed E-state index contributed by atoms with van der Waals surface area (Å²) in [5.74, 6) is -0.606. The number of rotatable bonds is 4. The molecule has 0 aromatic carbocycles. The third-order valence-electron chi connectivity index (χ3n) is 5.49. The average molecular weight is 428 g/mol. The van der Waals surface area contributed by atoms with E-state index in [0.29, 0.717) is 12.8 Å². The van der Waals surface area contributed by atoms with Crippen molar-refractivity contribution >= 4 is 24.2 Å². The number of hydrogen-bond acceptors (Lipinski definition) is 6. The van der Waals surface area contributed by atoms with Crippen molar-refractivity contribution in [1.82, 2.24) is 15.1 Å². The Morgan fingerprint density at radius 2 is 1.80 bits per heavy atom. The molecule has 2 saturated heterocycles. The Hall–Kier alpha value is -2.16.